The number of hydrogen-bond acceptors (Lipinski definition) is 5. The Morgan fingerprint density at radius 2 is 2.06 bits per heavy atom. The molecule has 5 N–H and O–H groups in total. The number of benzene rings is 1. The van der Waals surface area contributed by atoms with Crippen LogP contribution in [0.25, 0.3) is 0 Å². The molecule has 98 valence electrons. The molecule has 0 spiro atoms. The van der Waals surface area contributed by atoms with Crippen LogP contribution < -0.4 is 27.0 Å². The van der Waals surface area contributed by atoms with Crippen LogP contribution in [0.1, 0.15) is 11.6 Å². The van der Waals surface area contributed by atoms with E-state index in [1.54, 1.807) is 7.05 Å². The van der Waals surface area contributed by atoms with Gasteiger partial charge in [-0.2, -0.15) is 5.53 Å². The summed E-state index contributed by atoms with van der Waals surface area (Å²) in [5.41, 5.74) is 10.5. The molecule has 0 bridgehead atoms. The van der Waals surface area contributed by atoms with Gasteiger partial charge in [0.15, 0.2) is 0 Å². The number of hydrogen-bond donors (Lipinski definition) is 5. The summed E-state index contributed by atoms with van der Waals surface area (Å²) in [4.78, 5) is 11.1. The zero-order valence-corrected chi connectivity index (χ0v) is 10.4. The smallest absolute Gasteiger partial charge is 0.233 e. The molecule has 1 aliphatic heterocycles. The number of nitrogens with one attached hydrogen (secondary N) is 5. The molecule has 1 saturated heterocycles. The van der Waals surface area contributed by atoms with Crippen LogP contribution in [0.5, 0.6) is 0 Å². The Kier molecular flexibility index (Phi) is 4.66. The predicted octanol–water partition coefficient (Wildman–Crippen LogP) is -0.956. The van der Waals surface area contributed by atoms with E-state index in [1.165, 1.54) is 5.56 Å². The minimum atomic E-state index is -0.00910. The monoisotopic (exact) mass is 249 g/mol. The zero-order valence-electron chi connectivity index (χ0n) is 10.4. The van der Waals surface area contributed by atoms with Gasteiger partial charge in [-0.1, -0.05) is 30.3 Å². The van der Waals surface area contributed by atoms with Gasteiger partial charge in [-0.05, 0) is 5.56 Å². The average Bonchev–Trinajstić information content (AvgIpc) is 2.88. The normalized spacial score (nSPS) is 22.9. The van der Waals surface area contributed by atoms with Gasteiger partial charge in [0.1, 0.15) is 0 Å². The lowest BCUT2D eigenvalue weighted by Crippen LogP contribution is -2.42. The van der Waals surface area contributed by atoms with E-state index in [2.05, 4.69) is 39.2 Å². The molecule has 2 rings (SSSR count). The van der Waals surface area contributed by atoms with E-state index in [0.717, 1.165) is 0 Å². The fourth-order valence-electron chi connectivity index (χ4n) is 1.97. The van der Waals surface area contributed by atoms with E-state index in [4.69, 9.17) is 0 Å². The van der Waals surface area contributed by atoms with Crippen molar-refractivity contribution in [3.8, 4) is 0 Å². The van der Waals surface area contributed by atoms with Crippen LogP contribution in [-0.2, 0) is 4.79 Å². The number of hydrazine groups is 2. The van der Waals surface area contributed by atoms with Gasteiger partial charge in [0, 0.05) is 13.6 Å². The highest BCUT2D eigenvalue weighted by Gasteiger charge is 2.27. The number of rotatable bonds is 5. The van der Waals surface area contributed by atoms with Gasteiger partial charge in [0.25, 0.3) is 0 Å². The van der Waals surface area contributed by atoms with Crippen molar-refractivity contribution < 1.29 is 4.79 Å². The third-order valence-electron chi connectivity index (χ3n) is 2.97. The highest BCUT2D eigenvalue weighted by Crippen LogP contribution is 2.17. The molecule has 18 heavy (non-hydrogen) atoms. The van der Waals surface area contributed by atoms with Gasteiger partial charge < -0.3 is 10.6 Å². The summed E-state index contributed by atoms with van der Waals surface area (Å²) in [6, 6.07) is 10.6. The molecule has 0 saturated carbocycles. The highest BCUT2D eigenvalue weighted by atomic mass is 16.1. The molecule has 1 fully saturated rings. The molecule has 6 heteroatoms. The lowest BCUT2D eigenvalue weighted by atomic mass is 10.0. The van der Waals surface area contributed by atoms with Gasteiger partial charge in [0.2, 0.25) is 5.91 Å². The molecule has 2 unspecified atom stereocenters. The lowest BCUT2D eigenvalue weighted by molar-refractivity contribution is -0.119. The minimum Gasteiger partial charge on any atom is -0.358 e. The first-order valence-electron chi connectivity index (χ1n) is 6.03. The molecular weight excluding hydrogens is 230 g/mol. The summed E-state index contributed by atoms with van der Waals surface area (Å²) in [7, 11) is 1.63. The maximum absolute atomic E-state index is 11.1. The third kappa shape index (κ3) is 3.27. The maximum Gasteiger partial charge on any atom is 0.233 e. The zero-order chi connectivity index (χ0) is 12.8. The van der Waals surface area contributed by atoms with Crippen molar-refractivity contribution in [1.29, 1.82) is 0 Å². The lowest BCUT2D eigenvalue weighted by Gasteiger charge is -2.18. The Labute approximate surface area is 106 Å². The van der Waals surface area contributed by atoms with Crippen molar-refractivity contribution in [1.82, 2.24) is 27.0 Å². The molecule has 1 amide bonds. The Bertz CT molecular complexity index is 383. The van der Waals surface area contributed by atoms with Crippen LogP contribution in [-0.4, -0.2) is 32.1 Å². The van der Waals surface area contributed by atoms with Gasteiger partial charge in [0.05, 0.1) is 18.6 Å². The second-order valence-electron chi connectivity index (χ2n) is 4.21. The van der Waals surface area contributed by atoms with Crippen LogP contribution in [0.4, 0.5) is 0 Å². The van der Waals surface area contributed by atoms with Crippen molar-refractivity contribution in [2.45, 2.75) is 12.1 Å². The number of carbonyl (C=O) groups excluding carboxylic acids is 1. The molecule has 1 aromatic carbocycles. The summed E-state index contributed by atoms with van der Waals surface area (Å²) in [6.07, 6.45) is 0. The second kappa shape index (κ2) is 6.46. The molecular formula is C12H19N5O. The van der Waals surface area contributed by atoms with Crippen molar-refractivity contribution in [2.75, 3.05) is 20.1 Å². The molecule has 1 aromatic rings. The van der Waals surface area contributed by atoms with Crippen molar-refractivity contribution >= 4 is 5.91 Å². The molecule has 0 aliphatic carbocycles. The van der Waals surface area contributed by atoms with E-state index in [0.29, 0.717) is 13.1 Å². The maximum atomic E-state index is 11.1. The largest absolute Gasteiger partial charge is 0.358 e. The summed E-state index contributed by atoms with van der Waals surface area (Å²) < 4.78 is 0. The summed E-state index contributed by atoms with van der Waals surface area (Å²) in [5.74, 6) is -0.00910. The van der Waals surface area contributed by atoms with Crippen molar-refractivity contribution in [3.63, 3.8) is 0 Å². The van der Waals surface area contributed by atoms with Gasteiger partial charge in [-0.15, -0.1) is 0 Å². The van der Waals surface area contributed by atoms with Crippen LogP contribution in [0, 0.1) is 0 Å². The van der Waals surface area contributed by atoms with E-state index in [1.807, 2.05) is 18.2 Å². The number of likely N-dealkylation sites (N-methyl/N-ethyl adjacent to an activating group) is 1. The van der Waals surface area contributed by atoms with E-state index < -0.39 is 0 Å². The van der Waals surface area contributed by atoms with Gasteiger partial charge >= 0.3 is 0 Å². The molecule has 0 aromatic heterocycles. The summed E-state index contributed by atoms with van der Waals surface area (Å²) in [6.45, 7) is 1.03. The quantitative estimate of drug-likeness (QED) is 0.465. The minimum absolute atomic E-state index is 0.00910. The first-order valence-corrected chi connectivity index (χ1v) is 6.03. The Morgan fingerprint density at radius 1 is 1.28 bits per heavy atom. The summed E-state index contributed by atoms with van der Waals surface area (Å²) >= 11 is 0. The van der Waals surface area contributed by atoms with Crippen LogP contribution in [0.3, 0.4) is 0 Å². The molecule has 2 atom stereocenters. The predicted molar refractivity (Wildman–Crippen MR) is 69.3 cm³/mol. The fourth-order valence-corrected chi connectivity index (χ4v) is 1.97. The Balaban J connectivity index is 1.86. The van der Waals surface area contributed by atoms with Crippen molar-refractivity contribution in [2.24, 2.45) is 0 Å². The SMILES string of the molecule is CNC(=O)CNCC1NNNC1c1ccccc1. The Morgan fingerprint density at radius 3 is 2.78 bits per heavy atom. The second-order valence-corrected chi connectivity index (χ2v) is 4.21. The topological polar surface area (TPSA) is 77.2 Å². The van der Waals surface area contributed by atoms with E-state index in [-0.39, 0.29) is 18.0 Å². The molecule has 6 nitrogen and oxygen atoms in total. The van der Waals surface area contributed by atoms with Gasteiger partial charge in [-0.25, -0.2) is 10.9 Å². The number of amides is 1. The van der Waals surface area contributed by atoms with Crippen LogP contribution in [0.2, 0.25) is 0 Å². The standard InChI is InChI=1S/C12H19N5O/c1-13-11(18)8-14-7-10-12(16-17-15-10)9-5-3-2-4-6-9/h2-6,10,12,14-17H,7-8H2,1H3,(H,13,18). The molecule has 1 aliphatic rings. The highest BCUT2D eigenvalue weighted by molar-refractivity contribution is 5.77. The van der Waals surface area contributed by atoms with Crippen molar-refractivity contribution in [3.05, 3.63) is 35.9 Å². The van der Waals surface area contributed by atoms with Crippen LogP contribution >= 0.6 is 0 Å². The van der Waals surface area contributed by atoms with E-state index in [9.17, 15) is 4.79 Å². The Hall–Kier alpha value is -1.47. The summed E-state index contributed by atoms with van der Waals surface area (Å²) in [5, 5.41) is 5.70. The number of carbonyl (C=O) groups is 1. The first kappa shape index (κ1) is 13.0. The third-order valence-corrected chi connectivity index (χ3v) is 2.97. The van der Waals surface area contributed by atoms with Crippen LogP contribution in [0.15, 0.2) is 30.3 Å². The first-order chi connectivity index (χ1) is 8.81. The average molecular weight is 249 g/mol. The fraction of sp³-hybridized carbons (Fsp3) is 0.417. The molecule has 0 radical (unpaired) electrons. The van der Waals surface area contributed by atoms with E-state index >= 15 is 0 Å². The molecule has 1 heterocycles. The van der Waals surface area contributed by atoms with Gasteiger partial charge in [-0.3, -0.25) is 4.79 Å².